The van der Waals surface area contributed by atoms with Crippen LogP contribution in [0.25, 0.3) is 0 Å². The monoisotopic (exact) mass is 445 g/mol. The van der Waals surface area contributed by atoms with Crippen LogP contribution in [0.4, 0.5) is 0 Å². The maximum Gasteiger partial charge on any atom is 0.191 e. The number of guanidine groups is 1. The van der Waals surface area contributed by atoms with Crippen LogP contribution in [0.15, 0.2) is 29.0 Å². The van der Waals surface area contributed by atoms with Gasteiger partial charge in [0.1, 0.15) is 0 Å². The van der Waals surface area contributed by atoms with Crippen molar-refractivity contribution in [2.45, 2.75) is 51.9 Å². The molecule has 1 aliphatic carbocycles. The second-order valence-electron chi connectivity index (χ2n) is 6.17. The van der Waals surface area contributed by atoms with E-state index in [4.69, 9.17) is 0 Å². The van der Waals surface area contributed by atoms with Gasteiger partial charge in [-0.1, -0.05) is 11.6 Å². The number of aromatic nitrogens is 2. The van der Waals surface area contributed by atoms with E-state index < -0.39 is 0 Å². The lowest BCUT2D eigenvalue weighted by Gasteiger charge is -2.15. The smallest absolute Gasteiger partial charge is 0.191 e. The molecule has 0 saturated heterocycles. The molecule has 136 valence electrons. The Balaban J connectivity index is 0.00000288. The highest BCUT2D eigenvalue weighted by Crippen LogP contribution is 2.19. The first kappa shape index (κ1) is 21.0. The van der Waals surface area contributed by atoms with Gasteiger partial charge in [0.25, 0.3) is 0 Å². The van der Waals surface area contributed by atoms with Gasteiger partial charge in [-0.25, -0.2) is 0 Å². The van der Waals surface area contributed by atoms with Crippen LogP contribution in [0.5, 0.6) is 0 Å². The van der Waals surface area contributed by atoms with E-state index in [1.165, 1.54) is 31.2 Å². The minimum atomic E-state index is 0. The number of nitrogens with zero attached hydrogens (tertiary/aromatic N) is 3. The van der Waals surface area contributed by atoms with Gasteiger partial charge in [-0.2, -0.15) is 5.10 Å². The molecule has 0 spiro atoms. The molecule has 2 rings (SSSR count). The molecule has 1 aromatic heterocycles. The van der Waals surface area contributed by atoms with E-state index in [1.807, 2.05) is 17.9 Å². The fourth-order valence-electron chi connectivity index (χ4n) is 2.89. The molecule has 1 heterocycles. The molecule has 0 amide bonds. The van der Waals surface area contributed by atoms with Gasteiger partial charge >= 0.3 is 0 Å². The van der Waals surface area contributed by atoms with E-state index >= 15 is 0 Å². The molecule has 0 saturated carbocycles. The van der Waals surface area contributed by atoms with Gasteiger partial charge in [0, 0.05) is 32.9 Å². The van der Waals surface area contributed by atoms with Crippen molar-refractivity contribution < 1.29 is 0 Å². The summed E-state index contributed by atoms with van der Waals surface area (Å²) in [5.41, 5.74) is 2.89. The van der Waals surface area contributed by atoms with Gasteiger partial charge in [0.15, 0.2) is 5.96 Å². The second kappa shape index (κ2) is 12.3. The van der Waals surface area contributed by atoms with Crippen molar-refractivity contribution >= 4 is 29.9 Å². The van der Waals surface area contributed by atoms with Gasteiger partial charge in [-0.15, -0.1) is 24.0 Å². The van der Waals surface area contributed by atoms with Gasteiger partial charge < -0.3 is 10.6 Å². The van der Waals surface area contributed by atoms with Gasteiger partial charge in [-0.3, -0.25) is 9.67 Å². The summed E-state index contributed by atoms with van der Waals surface area (Å²) in [7, 11) is 1.95. The maximum atomic E-state index is 4.67. The number of halogens is 1. The minimum absolute atomic E-state index is 0. The Labute approximate surface area is 163 Å². The van der Waals surface area contributed by atoms with Crippen LogP contribution in [0, 0.1) is 0 Å². The fraction of sp³-hybridized carbons (Fsp3) is 0.667. The minimum Gasteiger partial charge on any atom is -0.357 e. The third kappa shape index (κ3) is 8.17. The van der Waals surface area contributed by atoms with Crippen LogP contribution in [0.3, 0.4) is 0 Å². The molecule has 0 atom stereocenters. The number of hydrogen-bond donors (Lipinski definition) is 2. The number of rotatable bonds is 8. The van der Waals surface area contributed by atoms with Crippen LogP contribution < -0.4 is 10.6 Å². The lowest BCUT2D eigenvalue weighted by atomic mass is 9.97. The Morgan fingerprint density at radius 2 is 2.17 bits per heavy atom. The van der Waals surface area contributed by atoms with Crippen molar-refractivity contribution in [2.75, 3.05) is 19.6 Å². The molecule has 0 aromatic carbocycles. The molecule has 6 heteroatoms. The van der Waals surface area contributed by atoms with E-state index in [2.05, 4.69) is 39.9 Å². The first-order valence-corrected chi connectivity index (χ1v) is 8.95. The molecular weight excluding hydrogens is 413 g/mol. The van der Waals surface area contributed by atoms with E-state index in [-0.39, 0.29) is 24.0 Å². The zero-order chi connectivity index (χ0) is 16.3. The average molecular weight is 445 g/mol. The first-order chi connectivity index (χ1) is 11.3. The predicted molar refractivity (Wildman–Crippen MR) is 112 cm³/mol. The Bertz CT molecular complexity index is 521. The lowest BCUT2D eigenvalue weighted by molar-refractivity contribution is 0.665. The third-order valence-electron chi connectivity index (χ3n) is 4.12. The fourth-order valence-corrected chi connectivity index (χ4v) is 2.89. The summed E-state index contributed by atoms with van der Waals surface area (Å²) in [5, 5.41) is 11.0. The Kier molecular flexibility index (Phi) is 10.8. The van der Waals surface area contributed by atoms with Crippen molar-refractivity contribution in [2.24, 2.45) is 12.0 Å². The molecule has 0 radical (unpaired) electrons. The summed E-state index contributed by atoms with van der Waals surface area (Å²) in [6, 6.07) is 0. The molecular formula is C18H32IN5. The SMILES string of the molecule is CCNC(=NCCCc1cnn(C)c1)NCCC1=CCCCC1.I. The molecule has 5 nitrogen and oxygen atoms in total. The predicted octanol–water partition coefficient (Wildman–Crippen LogP) is 3.42. The van der Waals surface area contributed by atoms with E-state index in [9.17, 15) is 0 Å². The first-order valence-electron chi connectivity index (χ1n) is 8.95. The van der Waals surface area contributed by atoms with E-state index in [0.717, 1.165) is 44.9 Å². The topological polar surface area (TPSA) is 54.2 Å². The quantitative estimate of drug-likeness (QED) is 0.212. The summed E-state index contributed by atoms with van der Waals surface area (Å²) in [4.78, 5) is 4.67. The Morgan fingerprint density at radius 3 is 2.83 bits per heavy atom. The van der Waals surface area contributed by atoms with Crippen molar-refractivity contribution in [3.05, 3.63) is 29.6 Å². The van der Waals surface area contributed by atoms with Crippen LogP contribution in [0.2, 0.25) is 0 Å². The second-order valence-corrected chi connectivity index (χ2v) is 6.17. The Morgan fingerprint density at radius 1 is 1.29 bits per heavy atom. The van der Waals surface area contributed by atoms with Crippen molar-refractivity contribution in [3.8, 4) is 0 Å². The molecule has 0 unspecified atom stereocenters. The highest BCUT2D eigenvalue weighted by molar-refractivity contribution is 14.0. The summed E-state index contributed by atoms with van der Waals surface area (Å²) >= 11 is 0. The van der Waals surface area contributed by atoms with Crippen molar-refractivity contribution in [1.29, 1.82) is 0 Å². The molecule has 0 aliphatic heterocycles. The highest BCUT2D eigenvalue weighted by Gasteiger charge is 2.04. The summed E-state index contributed by atoms with van der Waals surface area (Å²) in [6.07, 6.45) is 14.9. The zero-order valence-corrected chi connectivity index (χ0v) is 17.4. The average Bonchev–Trinajstić information content (AvgIpc) is 2.98. The molecule has 2 N–H and O–H groups in total. The Hall–Kier alpha value is -1.05. The number of hydrogen-bond acceptors (Lipinski definition) is 2. The summed E-state index contributed by atoms with van der Waals surface area (Å²) in [6.45, 7) is 4.82. The highest BCUT2D eigenvalue weighted by atomic mass is 127. The van der Waals surface area contributed by atoms with E-state index in [1.54, 1.807) is 5.57 Å². The summed E-state index contributed by atoms with van der Waals surface area (Å²) in [5.74, 6) is 0.940. The molecule has 1 aromatic rings. The number of aliphatic imine (C=N–C) groups is 1. The van der Waals surface area contributed by atoms with Crippen LogP contribution in [0.1, 0.15) is 51.0 Å². The van der Waals surface area contributed by atoms with Gasteiger partial charge in [-0.05, 0) is 57.4 Å². The number of nitrogens with one attached hydrogen (secondary N) is 2. The summed E-state index contributed by atoms with van der Waals surface area (Å²) < 4.78 is 1.85. The van der Waals surface area contributed by atoms with Gasteiger partial charge in [0.05, 0.1) is 6.20 Å². The van der Waals surface area contributed by atoms with Crippen LogP contribution in [-0.2, 0) is 13.5 Å². The molecule has 0 fully saturated rings. The molecule has 1 aliphatic rings. The number of allylic oxidation sites excluding steroid dienone is 1. The largest absolute Gasteiger partial charge is 0.357 e. The zero-order valence-electron chi connectivity index (χ0n) is 15.1. The maximum absolute atomic E-state index is 4.67. The van der Waals surface area contributed by atoms with Crippen LogP contribution in [-0.4, -0.2) is 35.4 Å². The van der Waals surface area contributed by atoms with Crippen molar-refractivity contribution in [3.63, 3.8) is 0 Å². The third-order valence-corrected chi connectivity index (χ3v) is 4.12. The lowest BCUT2D eigenvalue weighted by Crippen LogP contribution is -2.38. The van der Waals surface area contributed by atoms with Crippen molar-refractivity contribution in [1.82, 2.24) is 20.4 Å². The number of aryl methyl sites for hydroxylation is 2. The normalized spacial score (nSPS) is 14.8. The standard InChI is InChI=1S/C18H31N5.HI/c1-3-19-18(21-13-11-16-8-5-4-6-9-16)20-12-7-10-17-14-22-23(2)15-17;/h8,14-15H,3-7,9-13H2,1-2H3,(H2,19,20,21);1H. The molecule has 24 heavy (non-hydrogen) atoms. The van der Waals surface area contributed by atoms with E-state index in [0.29, 0.717) is 0 Å². The molecule has 0 bridgehead atoms. The van der Waals surface area contributed by atoms with Gasteiger partial charge in [0.2, 0.25) is 0 Å². The van der Waals surface area contributed by atoms with Crippen LogP contribution >= 0.6 is 24.0 Å².